The van der Waals surface area contributed by atoms with Crippen molar-refractivity contribution in [3.63, 3.8) is 0 Å². The summed E-state index contributed by atoms with van der Waals surface area (Å²) in [5.74, 6) is 0.208. The van der Waals surface area contributed by atoms with Crippen molar-refractivity contribution >= 4 is 79.6 Å². The number of phenols is 1. The highest BCUT2D eigenvalue weighted by atomic mass is 79.9. The number of benzene rings is 1. The summed E-state index contributed by atoms with van der Waals surface area (Å²) in [5, 5.41) is 10.2. The lowest BCUT2D eigenvalue weighted by molar-refractivity contribution is 0.473. The average molecular weight is 568 g/mol. The number of hydrogen-bond acceptors (Lipinski definition) is 1. The molecule has 2 aromatic rings. The van der Waals surface area contributed by atoms with E-state index in [1.807, 2.05) is 17.7 Å². The Morgan fingerprint density at radius 3 is 2.11 bits per heavy atom. The van der Waals surface area contributed by atoms with Gasteiger partial charge in [0, 0.05) is 17.1 Å². The molecule has 1 N–H and O–H groups in total. The molecule has 1 aromatic heterocycles. The lowest BCUT2D eigenvalue weighted by Crippen LogP contribution is -1.93. The van der Waals surface area contributed by atoms with Crippen LogP contribution >= 0.6 is 79.6 Å². The maximum Gasteiger partial charge on any atom is 0.139 e. The Balaban J connectivity index is 2.82. The number of rotatable bonds is 1. The van der Waals surface area contributed by atoms with E-state index < -0.39 is 0 Å². The summed E-state index contributed by atoms with van der Waals surface area (Å²) < 4.78 is 6.18. The number of aromatic nitrogens is 1. The molecule has 0 aliphatic heterocycles. The van der Waals surface area contributed by atoms with Crippen LogP contribution in [-0.4, -0.2) is 9.67 Å². The van der Waals surface area contributed by atoms with E-state index in [-0.39, 0.29) is 5.75 Å². The SMILES string of the molecule is Cn1c(Br)c(Br)c(Br)c1-c1cc(Br)cc(Br)c1O. The van der Waals surface area contributed by atoms with Crippen LogP contribution in [0.15, 0.2) is 34.6 Å². The van der Waals surface area contributed by atoms with Crippen molar-refractivity contribution in [1.82, 2.24) is 4.57 Å². The Labute approximate surface area is 146 Å². The van der Waals surface area contributed by atoms with Gasteiger partial charge >= 0.3 is 0 Å². The molecule has 0 aliphatic rings. The molecule has 0 fully saturated rings. The molecule has 7 heteroatoms. The van der Waals surface area contributed by atoms with Crippen LogP contribution in [0.3, 0.4) is 0 Å². The van der Waals surface area contributed by atoms with Crippen LogP contribution in [0.25, 0.3) is 11.3 Å². The molecule has 0 amide bonds. The maximum absolute atomic E-state index is 10.2. The maximum atomic E-state index is 10.2. The van der Waals surface area contributed by atoms with Crippen molar-refractivity contribution in [2.75, 3.05) is 0 Å². The molecule has 2 nitrogen and oxygen atoms in total. The largest absolute Gasteiger partial charge is 0.506 e. The van der Waals surface area contributed by atoms with Crippen LogP contribution in [0, 0.1) is 0 Å². The van der Waals surface area contributed by atoms with Gasteiger partial charge in [-0.15, -0.1) is 0 Å². The Kier molecular flexibility index (Phi) is 4.69. The van der Waals surface area contributed by atoms with E-state index in [1.54, 1.807) is 6.07 Å². The van der Waals surface area contributed by atoms with Crippen LogP contribution in [0.5, 0.6) is 5.75 Å². The molecule has 18 heavy (non-hydrogen) atoms. The smallest absolute Gasteiger partial charge is 0.139 e. The van der Waals surface area contributed by atoms with Gasteiger partial charge in [0.25, 0.3) is 0 Å². The third-order valence-electron chi connectivity index (χ3n) is 2.49. The summed E-state index contributed by atoms with van der Waals surface area (Å²) in [7, 11) is 1.92. The Hall–Kier alpha value is 0.700. The molecule has 0 unspecified atom stereocenters. The molecule has 0 spiro atoms. The van der Waals surface area contributed by atoms with Gasteiger partial charge in [0.1, 0.15) is 10.4 Å². The minimum atomic E-state index is 0.208. The van der Waals surface area contributed by atoms with Gasteiger partial charge in [0.2, 0.25) is 0 Å². The Morgan fingerprint density at radius 2 is 1.61 bits per heavy atom. The van der Waals surface area contributed by atoms with E-state index in [0.717, 1.165) is 29.3 Å². The van der Waals surface area contributed by atoms with Crippen LogP contribution in [0.4, 0.5) is 0 Å². The molecule has 0 radical (unpaired) electrons. The molecule has 0 bridgehead atoms. The number of hydrogen-bond donors (Lipinski definition) is 1. The van der Waals surface area contributed by atoms with E-state index in [4.69, 9.17) is 0 Å². The van der Waals surface area contributed by atoms with Gasteiger partial charge in [0.05, 0.1) is 19.1 Å². The van der Waals surface area contributed by atoms with Crippen molar-refractivity contribution < 1.29 is 5.11 Å². The summed E-state index contributed by atoms with van der Waals surface area (Å²) in [6, 6.07) is 3.68. The van der Waals surface area contributed by atoms with E-state index in [0.29, 0.717) is 4.47 Å². The van der Waals surface area contributed by atoms with Crippen LogP contribution in [0.2, 0.25) is 0 Å². The summed E-state index contributed by atoms with van der Waals surface area (Å²) in [5.41, 5.74) is 1.62. The fraction of sp³-hybridized carbons (Fsp3) is 0.0909. The predicted molar refractivity (Wildman–Crippen MR) is 91.0 cm³/mol. The van der Waals surface area contributed by atoms with E-state index in [1.165, 1.54) is 0 Å². The predicted octanol–water partition coefficient (Wildman–Crippen LogP) is 6.21. The van der Waals surface area contributed by atoms with E-state index in [2.05, 4.69) is 79.6 Å². The first-order valence-electron chi connectivity index (χ1n) is 4.72. The van der Waals surface area contributed by atoms with Crippen molar-refractivity contribution in [3.8, 4) is 17.0 Å². The minimum absolute atomic E-state index is 0.208. The highest BCUT2D eigenvalue weighted by molar-refractivity contribution is 9.14. The van der Waals surface area contributed by atoms with Crippen molar-refractivity contribution in [1.29, 1.82) is 0 Å². The normalized spacial score (nSPS) is 11.0. The van der Waals surface area contributed by atoms with Gasteiger partial charge < -0.3 is 9.67 Å². The first-order chi connectivity index (χ1) is 8.34. The Morgan fingerprint density at radius 1 is 1.00 bits per heavy atom. The monoisotopic (exact) mass is 563 g/mol. The molecular formula is C11H6Br5NO. The Bertz CT molecular complexity index is 610. The molecule has 1 aromatic carbocycles. The average Bonchev–Trinajstić information content (AvgIpc) is 2.49. The number of phenolic OH excluding ortho intramolecular Hbond substituents is 1. The molecule has 0 saturated carbocycles. The molecule has 0 saturated heterocycles. The quantitative estimate of drug-likeness (QED) is 0.436. The number of halogens is 5. The second-order valence-electron chi connectivity index (χ2n) is 3.61. The first kappa shape index (κ1) is 15.1. The zero-order valence-corrected chi connectivity index (χ0v) is 16.9. The van der Waals surface area contributed by atoms with Crippen molar-refractivity contribution in [3.05, 3.63) is 34.6 Å². The van der Waals surface area contributed by atoms with E-state index >= 15 is 0 Å². The topological polar surface area (TPSA) is 25.2 Å². The molecule has 0 atom stereocenters. The van der Waals surface area contributed by atoms with Gasteiger partial charge in [-0.1, -0.05) is 15.9 Å². The minimum Gasteiger partial charge on any atom is -0.506 e. The molecular weight excluding hydrogens is 562 g/mol. The lowest BCUT2D eigenvalue weighted by Gasteiger charge is -2.10. The highest BCUT2D eigenvalue weighted by Gasteiger charge is 2.21. The third-order valence-corrected chi connectivity index (χ3v) is 7.09. The van der Waals surface area contributed by atoms with Gasteiger partial charge in [0.15, 0.2) is 0 Å². The van der Waals surface area contributed by atoms with Crippen LogP contribution in [0.1, 0.15) is 0 Å². The fourth-order valence-electron chi connectivity index (χ4n) is 1.63. The molecule has 2 rings (SSSR count). The highest BCUT2D eigenvalue weighted by Crippen LogP contribution is 2.46. The van der Waals surface area contributed by atoms with Crippen LogP contribution in [-0.2, 0) is 7.05 Å². The summed E-state index contributed by atoms with van der Waals surface area (Å²) in [6.45, 7) is 0. The van der Waals surface area contributed by atoms with Crippen molar-refractivity contribution in [2.24, 2.45) is 7.05 Å². The second kappa shape index (κ2) is 5.60. The summed E-state index contributed by atoms with van der Waals surface area (Å²) in [6.07, 6.45) is 0. The third kappa shape index (κ3) is 2.49. The zero-order chi connectivity index (χ0) is 13.6. The number of nitrogens with zero attached hydrogens (tertiary/aromatic N) is 1. The van der Waals surface area contributed by atoms with Crippen molar-refractivity contribution in [2.45, 2.75) is 0 Å². The zero-order valence-electron chi connectivity index (χ0n) is 8.94. The van der Waals surface area contributed by atoms with Gasteiger partial charge in [-0.3, -0.25) is 0 Å². The standard InChI is InChI=1S/C11H6Br5NO/c1-17-9(7(14)8(15)11(17)16)5-2-4(12)3-6(13)10(5)18/h2-3,18H,1H3. The first-order valence-corrected chi connectivity index (χ1v) is 8.68. The second-order valence-corrected chi connectivity index (χ2v) is 7.72. The van der Waals surface area contributed by atoms with Gasteiger partial charge in [-0.05, 0) is 75.9 Å². The summed E-state index contributed by atoms with van der Waals surface area (Å²) in [4.78, 5) is 0. The van der Waals surface area contributed by atoms with Gasteiger partial charge in [-0.25, -0.2) is 0 Å². The molecule has 0 aliphatic carbocycles. The van der Waals surface area contributed by atoms with E-state index in [9.17, 15) is 5.11 Å². The lowest BCUT2D eigenvalue weighted by atomic mass is 10.1. The van der Waals surface area contributed by atoms with Gasteiger partial charge in [-0.2, -0.15) is 0 Å². The van der Waals surface area contributed by atoms with Crippen LogP contribution < -0.4 is 0 Å². The fourth-order valence-corrected chi connectivity index (χ4v) is 4.62. The number of aromatic hydroxyl groups is 1. The molecule has 96 valence electrons. The molecule has 1 heterocycles. The summed E-state index contributed by atoms with van der Waals surface area (Å²) >= 11 is 17.3.